The molecule has 0 aliphatic heterocycles. The second-order valence-electron chi connectivity index (χ2n) is 5.59. The second kappa shape index (κ2) is 10.6. The van der Waals surface area contributed by atoms with Gasteiger partial charge in [-0.25, -0.2) is 0 Å². The van der Waals surface area contributed by atoms with E-state index in [0.717, 1.165) is 25.7 Å². The maximum Gasteiger partial charge on any atom is 0.0799 e. The Kier molecular flexibility index (Phi) is 9.23. The highest BCUT2D eigenvalue weighted by atomic mass is 16.3. The topological polar surface area (TPSA) is 40.5 Å². The van der Waals surface area contributed by atoms with Crippen molar-refractivity contribution in [2.24, 2.45) is 0 Å². The highest BCUT2D eigenvalue weighted by Gasteiger charge is 2.16. The molecule has 0 radical (unpaired) electrons. The normalized spacial score (nSPS) is 30.1. The molecule has 2 N–H and O–H groups in total. The van der Waals surface area contributed by atoms with Gasteiger partial charge in [0, 0.05) is 0 Å². The summed E-state index contributed by atoms with van der Waals surface area (Å²) < 4.78 is 0. The molecule has 2 aliphatic rings. The molecule has 0 aromatic carbocycles. The van der Waals surface area contributed by atoms with Crippen LogP contribution < -0.4 is 0 Å². The van der Waals surface area contributed by atoms with E-state index in [1.165, 1.54) is 51.4 Å². The van der Waals surface area contributed by atoms with Gasteiger partial charge in [0.2, 0.25) is 0 Å². The minimum Gasteiger partial charge on any atom is -0.390 e. The quantitative estimate of drug-likeness (QED) is 0.642. The van der Waals surface area contributed by atoms with Crippen molar-refractivity contribution in [3.63, 3.8) is 0 Å². The summed E-state index contributed by atoms with van der Waals surface area (Å²) in [4.78, 5) is 0. The summed E-state index contributed by atoms with van der Waals surface area (Å²) in [5, 5.41) is 18.5. The van der Waals surface area contributed by atoms with Crippen molar-refractivity contribution in [1.29, 1.82) is 0 Å². The van der Waals surface area contributed by atoms with Gasteiger partial charge in [-0.2, -0.15) is 0 Å². The number of rotatable bonds is 0. The predicted molar refractivity (Wildman–Crippen MR) is 76.6 cm³/mol. The summed E-state index contributed by atoms with van der Waals surface area (Å²) >= 11 is 0. The molecule has 2 nitrogen and oxygen atoms in total. The van der Waals surface area contributed by atoms with Crippen LogP contribution in [0.1, 0.15) is 77.0 Å². The molecule has 2 atom stereocenters. The fourth-order valence-electron chi connectivity index (χ4n) is 2.56. The summed E-state index contributed by atoms with van der Waals surface area (Å²) in [5.41, 5.74) is 0. The number of aliphatic hydroxyl groups is 2. The molecule has 0 amide bonds. The summed E-state index contributed by atoms with van der Waals surface area (Å²) in [6, 6.07) is 0. The van der Waals surface area contributed by atoms with Crippen molar-refractivity contribution in [3.05, 3.63) is 12.2 Å². The van der Waals surface area contributed by atoms with Crippen LogP contribution in [0.5, 0.6) is 0 Å². The number of hydrogen-bond donors (Lipinski definition) is 2. The Bertz CT molecular complexity index is 191. The van der Waals surface area contributed by atoms with Gasteiger partial charge in [-0.1, -0.05) is 50.7 Å². The first-order chi connectivity index (χ1) is 8.80. The van der Waals surface area contributed by atoms with Crippen LogP contribution >= 0.6 is 0 Å². The highest BCUT2D eigenvalue weighted by Crippen LogP contribution is 2.17. The molecule has 2 rings (SSSR count). The Morgan fingerprint density at radius 1 is 0.556 bits per heavy atom. The summed E-state index contributed by atoms with van der Waals surface area (Å²) in [6.07, 6.45) is 18.2. The molecule has 0 spiro atoms. The summed E-state index contributed by atoms with van der Waals surface area (Å²) in [7, 11) is 0. The van der Waals surface area contributed by atoms with E-state index in [2.05, 4.69) is 12.2 Å². The Morgan fingerprint density at radius 2 is 0.944 bits per heavy atom. The molecule has 2 unspecified atom stereocenters. The van der Waals surface area contributed by atoms with Crippen LogP contribution in [-0.2, 0) is 0 Å². The van der Waals surface area contributed by atoms with Gasteiger partial charge in [0.05, 0.1) is 12.2 Å². The van der Waals surface area contributed by atoms with Gasteiger partial charge in [0.1, 0.15) is 0 Å². The molecule has 0 saturated heterocycles. The van der Waals surface area contributed by atoms with E-state index in [-0.39, 0.29) is 0 Å². The van der Waals surface area contributed by atoms with Gasteiger partial charge in [-0.05, 0) is 38.5 Å². The Labute approximate surface area is 112 Å². The Morgan fingerprint density at radius 3 is 1.39 bits per heavy atom. The van der Waals surface area contributed by atoms with Gasteiger partial charge in [0.15, 0.2) is 0 Å². The predicted octanol–water partition coefficient (Wildman–Crippen LogP) is 3.96. The van der Waals surface area contributed by atoms with E-state index < -0.39 is 12.2 Å². The van der Waals surface area contributed by atoms with E-state index in [1.807, 2.05) is 0 Å². The van der Waals surface area contributed by atoms with E-state index in [9.17, 15) is 10.2 Å². The first kappa shape index (κ1) is 15.7. The molecule has 0 heterocycles. The maximum absolute atomic E-state index is 9.23. The third-order valence-corrected chi connectivity index (χ3v) is 3.85. The maximum atomic E-state index is 9.23. The van der Waals surface area contributed by atoms with Crippen LogP contribution in [0.4, 0.5) is 0 Å². The van der Waals surface area contributed by atoms with Crippen LogP contribution in [0.15, 0.2) is 12.2 Å². The molecular weight excluding hydrogens is 224 g/mol. The monoisotopic (exact) mass is 254 g/mol. The molecule has 0 aromatic heterocycles. The zero-order chi connectivity index (χ0) is 13.1. The SMILES string of the molecule is C1=CCCCCCC1.OC1CCCCCCC1O. The van der Waals surface area contributed by atoms with E-state index in [4.69, 9.17) is 0 Å². The standard InChI is InChI=1S/C8H16O2.C8H14/c9-7-5-3-1-2-4-6-8(7)10;1-2-4-6-8-7-5-3-1/h7-10H,1-6H2;1-2H,3-8H2. The summed E-state index contributed by atoms with van der Waals surface area (Å²) in [5.74, 6) is 0. The lowest BCUT2D eigenvalue weighted by molar-refractivity contribution is 0.00303. The van der Waals surface area contributed by atoms with Gasteiger partial charge in [-0.3, -0.25) is 0 Å². The molecule has 2 aliphatic carbocycles. The van der Waals surface area contributed by atoms with E-state index >= 15 is 0 Å². The zero-order valence-corrected chi connectivity index (χ0v) is 11.7. The average Bonchev–Trinajstić information content (AvgIpc) is 2.31. The molecule has 0 bridgehead atoms. The van der Waals surface area contributed by atoms with E-state index in [0.29, 0.717) is 0 Å². The first-order valence-corrected chi connectivity index (χ1v) is 7.82. The van der Waals surface area contributed by atoms with Crippen LogP contribution in [0.25, 0.3) is 0 Å². The lowest BCUT2D eigenvalue weighted by atomic mass is 9.96. The minimum atomic E-state index is -0.458. The number of aliphatic hydroxyl groups excluding tert-OH is 2. The van der Waals surface area contributed by atoms with Crippen LogP contribution in [0.2, 0.25) is 0 Å². The Balaban J connectivity index is 0.000000184. The lowest BCUT2D eigenvalue weighted by Gasteiger charge is -2.19. The third-order valence-electron chi connectivity index (χ3n) is 3.85. The van der Waals surface area contributed by atoms with Crippen molar-refractivity contribution < 1.29 is 10.2 Å². The molecule has 1 saturated carbocycles. The minimum absolute atomic E-state index is 0.458. The van der Waals surface area contributed by atoms with Crippen molar-refractivity contribution in [2.45, 2.75) is 89.3 Å². The summed E-state index contributed by atoms with van der Waals surface area (Å²) in [6.45, 7) is 0. The lowest BCUT2D eigenvalue weighted by Crippen LogP contribution is -2.26. The second-order valence-corrected chi connectivity index (χ2v) is 5.59. The fourth-order valence-corrected chi connectivity index (χ4v) is 2.56. The first-order valence-electron chi connectivity index (χ1n) is 7.82. The van der Waals surface area contributed by atoms with Gasteiger partial charge < -0.3 is 10.2 Å². The fraction of sp³-hybridized carbons (Fsp3) is 0.875. The van der Waals surface area contributed by atoms with Crippen molar-refractivity contribution in [2.75, 3.05) is 0 Å². The van der Waals surface area contributed by atoms with Crippen LogP contribution in [-0.4, -0.2) is 22.4 Å². The highest BCUT2D eigenvalue weighted by molar-refractivity contribution is 4.82. The smallest absolute Gasteiger partial charge is 0.0799 e. The van der Waals surface area contributed by atoms with Gasteiger partial charge >= 0.3 is 0 Å². The Hall–Kier alpha value is -0.340. The van der Waals surface area contributed by atoms with Crippen molar-refractivity contribution >= 4 is 0 Å². The van der Waals surface area contributed by atoms with Crippen molar-refractivity contribution in [1.82, 2.24) is 0 Å². The van der Waals surface area contributed by atoms with Gasteiger partial charge in [-0.15, -0.1) is 0 Å². The van der Waals surface area contributed by atoms with Crippen LogP contribution in [0.3, 0.4) is 0 Å². The molecular formula is C16H30O2. The number of allylic oxidation sites excluding steroid dienone is 2. The van der Waals surface area contributed by atoms with Gasteiger partial charge in [0.25, 0.3) is 0 Å². The largest absolute Gasteiger partial charge is 0.390 e. The molecule has 2 heteroatoms. The average molecular weight is 254 g/mol. The molecule has 1 fully saturated rings. The van der Waals surface area contributed by atoms with Crippen molar-refractivity contribution in [3.8, 4) is 0 Å². The number of hydrogen-bond acceptors (Lipinski definition) is 2. The zero-order valence-electron chi connectivity index (χ0n) is 11.7. The van der Waals surface area contributed by atoms with Crippen LogP contribution in [0, 0.1) is 0 Å². The third kappa shape index (κ3) is 7.88. The molecule has 18 heavy (non-hydrogen) atoms. The molecule has 106 valence electrons. The van der Waals surface area contributed by atoms with E-state index in [1.54, 1.807) is 0 Å². The molecule has 0 aromatic rings.